The standard InChI is InChI=1S/C16H24N4O3/c1-12-5-7-13(8-6-12)18-15(22)9-19(3)11-16(23)20(4)10-14(21)17-2/h5-8H,9-11H2,1-4H3,(H,17,21)(H,18,22)/p+1. The number of nitrogens with one attached hydrogen (secondary N) is 3. The second kappa shape index (κ2) is 8.89. The van der Waals surface area contributed by atoms with Gasteiger partial charge in [-0.15, -0.1) is 0 Å². The van der Waals surface area contributed by atoms with Gasteiger partial charge in [-0.25, -0.2) is 0 Å². The van der Waals surface area contributed by atoms with Crippen molar-refractivity contribution in [2.45, 2.75) is 6.92 Å². The fraction of sp³-hybridized carbons (Fsp3) is 0.438. The van der Waals surface area contributed by atoms with E-state index in [4.69, 9.17) is 0 Å². The number of amides is 3. The molecule has 3 amide bonds. The Morgan fingerprint density at radius 3 is 2.26 bits per heavy atom. The van der Waals surface area contributed by atoms with Gasteiger partial charge in [-0.3, -0.25) is 14.4 Å². The SMILES string of the molecule is CNC(=O)CN(C)C(=O)C[NH+](C)CC(=O)Nc1ccc(C)cc1. The highest BCUT2D eigenvalue weighted by molar-refractivity contribution is 5.91. The van der Waals surface area contributed by atoms with Crippen molar-refractivity contribution in [2.24, 2.45) is 0 Å². The normalized spacial score (nSPS) is 11.5. The smallest absolute Gasteiger partial charge is 0.279 e. The third-order valence-electron chi connectivity index (χ3n) is 3.34. The molecule has 0 fully saturated rings. The summed E-state index contributed by atoms with van der Waals surface area (Å²) >= 11 is 0. The van der Waals surface area contributed by atoms with E-state index in [0.29, 0.717) is 0 Å². The Bertz CT molecular complexity index is 557. The molecule has 1 rings (SSSR count). The first-order valence-electron chi connectivity index (χ1n) is 7.44. The highest BCUT2D eigenvalue weighted by atomic mass is 16.2. The van der Waals surface area contributed by atoms with Crippen LogP contribution in [0.15, 0.2) is 24.3 Å². The molecule has 1 atom stereocenters. The molecule has 1 unspecified atom stereocenters. The number of benzene rings is 1. The number of hydrogen-bond donors (Lipinski definition) is 3. The Morgan fingerprint density at radius 2 is 1.70 bits per heavy atom. The Morgan fingerprint density at radius 1 is 1.09 bits per heavy atom. The zero-order valence-corrected chi connectivity index (χ0v) is 14.1. The first-order chi connectivity index (χ1) is 10.8. The molecule has 0 spiro atoms. The van der Waals surface area contributed by atoms with Gasteiger partial charge in [0.2, 0.25) is 5.91 Å². The second-order valence-corrected chi connectivity index (χ2v) is 5.65. The zero-order chi connectivity index (χ0) is 17.4. The Labute approximate surface area is 136 Å². The van der Waals surface area contributed by atoms with Crippen LogP contribution in [-0.4, -0.2) is 63.4 Å². The highest BCUT2D eigenvalue weighted by Crippen LogP contribution is 2.07. The van der Waals surface area contributed by atoms with Crippen LogP contribution in [0.25, 0.3) is 0 Å². The van der Waals surface area contributed by atoms with Crippen LogP contribution < -0.4 is 15.5 Å². The summed E-state index contributed by atoms with van der Waals surface area (Å²) in [6.07, 6.45) is 0. The van der Waals surface area contributed by atoms with Crippen molar-refractivity contribution < 1.29 is 19.3 Å². The quantitative estimate of drug-likeness (QED) is 0.581. The lowest BCUT2D eigenvalue weighted by Gasteiger charge is -2.19. The van der Waals surface area contributed by atoms with Crippen LogP contribution >= 0.6 is 0 Å². The van der Waals surface area contributed by atoms with Gasteiger partial charge in [0.25, 0.3) is 11.8 Å². The van der Waals surface area contributed by atoms with E-state index in [2.05, 4.69) is 10.6 Å². The molecular weight excluding hydrogens is 296 g/mol. The predicted molar refractivity (Wildman–Crippen MR) is 88.1 cm³/mol. The maximum absolute atomic E-state index is 12.0. The van der Waals surface area contributed by atoms with Gasteiger partial charge in [-0.1, -0.05) is 17.7 Å². The Hall–Kier alpha value is -2.41. The molecule has 0 saturated carbocycles. The van der Waals surface area contributed by atoms with Gasteiger partial charge in [0.05, 0.1) is 13.6 Å². The van der Waals surface area contributed by atoms with Gasteiger partial charge in [0, 0.05) is 19.8 Å². The van der Waals surface area contributed by atoms with Gasteiger partial charge in [0.15, 0.2) is 13.1 Å². The molecular formula is C16H25N4O3+. The highest BCUT2D eigenvalue weighted by Gasteiger charge is 2.18. The molecule has 0 saturated heterocycles. The van der Waals surface area contributed by atoms with Gasteiger partial charge in [-0.05, 0) is 19.1 Å². The van der Waals surface area contributed by atoms with E-state index in [1.165, 1.54) is 11.9 Å². The van der Waals surface area contributed by atoms with E-state index < -0.39 is 0 Å². The number of quaternary nitrogens is 1. The summed E-state index contributed by atoms with van der Waals surface area (Å²) in [5.41, 5.74) is 1.85. The van der Waals surface area contributed by atoms with Crippen molar-refractivity contribution in [3.63, 3.8) is 0 Å². The molecule has 3 N–H and O–H groups in total. The van der Waals surface area contributed by atoms with Crippen molar-refractivity contribution in [1.29, 1.82) is 0 Å². The van der Waals surface area contributed by atoms with Gasteiger partial charge in [-0.2, -0.15) is 0 Å². The minimum absolute atomic E-state index is 0.0121. The van der Waals surface area contributed by atoms with Crippen molar-refractivity contribution in [3.8, 4) is 0 Å². The maximum atomic E-state index is 12.0. The number of hydrogen-bond acceptors (Lipinski definition) is 3. The zero-order valence-electron chi connectivity index (χ0n) is 14.1. The molecule has 0 aliphatic heterocycles. The summed E-state index contributed by atoms with van der Waals surface area (Å²) < 4.78 is 0. The summed E-state index contributed by atoms with van der Waals surface area (Å²) in [5.74, 6) is -0.571. The summed E-state index contributed by atoms with van der Waals surface area (Å²) in [6, 6.07) is 7.52. The first kappa shape index (κ1) is 18.6. The number of anilines is 1. The Kier molecular flexibility index (Phi) is 7.21. The minimum Gasteiger partial charge on any atom is -0.358 e. The maximum Gasteiger partial charge on any atom is 0.279 e. The van der Waals surface area contributed by atoms with Crippen LogP contribution in [0.1, 0.15) is 5.56 Å². The van der Waals surface area contributed by atoms with E-state index in [-0.39, 0.29) is 37.4 Å². The van der Waals surface area contributed by atoms with Crippen LogP contribution in [0.3, 0.4) is 0 Å². The number of carbonyl (C=O) groups excluding carboxylic acids is 3. The lowest BCUT2D eigenvalue weighted by Crippen LogP contribution is -3.11. The molecule has 1 aromatic carbocycles. The van der Waals surface area contributed by atoms with E-state index in [1.54, 1.807) is 14.1 Å². The van der Waals surface area contributed by atoms with Crippen LogP contribution in [0.5, 0.6) is 0 Å². The summed E-state index contributed by atoms with van der Waals surface area (Å²) in [5, 5.41) is 5.26. The van der Waals surface area contributed by atoms with Gasteiger partial charge < -0.3 is 20.4 Å². The topological polar surface area (TPSA) is 83.0 Å². The number of nitrogens with zero attached hydrogens (tertiary/aromatic N) is 1. The number of rotatable bonds is 7. The fourth-order valence-corrected chi connectivity index (χ4v) is 1.95. The van der Waals surface area contributed by atoms with Gasteiger partial charge >= 0.3 is 0 Å². The third-order valence-corrected chi connectivity index (χ3v) is 3.34. The lowest BCUT2D eigenvalue weighted by atomic mass is 10.2. The number of aryl methyl sites for hydroxylation is 1. The lowest BCUT2D eigenvalue weighted by molar-refractivity contribution is -0.862. The number of carbonyl (C=O) groups is 3. The minimum atomic E-state index is -0.226. The molecule has 0 bridgehead atoms. The largest absolute Gasteiger partial charge is 0.358 e. The van der Waals surface area contributed by atoms with Crippen molar-refractivity contribution in [2.75, 3.05) is 46.1 Å². The molecule has 0 aliphatic rings. The molecule has 1 aromatic rings. The van der Waals surface area contributed by atoms with Crippen molar-refractivity contribution in [1.82, 2.24) is 10.2 Å². The first-order valence-corrected chi connectivity index (χ1v) is 7.44. The molecule has 7 heteroatoms. The summed E-state index contributed by atoms with van der Waals surface area (Å²) in [7, 11) is 4.85. The molecule has 126 valence electrons. The average molecular weight is 321 g/mol. The molecule has 7 nitrogen and oxygen atoms in total. The van der Waals surface area contributed by atoms with E-state index in [1.807, 2.05) is 31.2 Å². The van der Waals surface area contributed by atoms with Crippen LogP contribution in [-0.2, 0) is 14.4 Å². The summed E-state index contributed by atoms with van der Waals surface area (Å²) in [4.78, 5) is 37.3. The molecule has 0 radical (unpaired) electrons. The Balaban J connectivity index is 2.41. The summed E-state index contributed by atoms with van der Waals surface area (Å²) in [6.45, 7) is 2.31. The molecule has 0 aromatic heterocycles. The van der Waals surface area contributed by atoms with Crippen molar-refractivity contribution >= 4 is 23.4 Å². The second-order valence-electron chi connectivity index (χ2n) is 5.65. The molecule has 0 heterocycles. The van der Waals surface area contributed by atoms with Crippen LogP contribution in [0, 0.1) is 6.92 Å². The van der Waals surface area contributed by atoms with E-state index >= 15 is 0 Å². The fourth-order valence-electron chi connectivity index (χ4n) is 1.95. The average Bonchev–Trinajstić information content (AvgIpc) is 2.48. The predicted octanol–water partition coefficient (Wildman–Crippen LogP) is -1.35. The third kappa shape index (κ3) is 6.92. The van der Waals surface area contributed by atoms with E-state index in [0.717, 1.165) is 16.2 Å². The van der Waals surface area contributed by atoms with Crippen LogP contribution in [0.2, 0.25) is 0 Å². The van der Waals surface area contributed by atoms with Crippen LogP contribution in [0.4, 0.5) is 5.69 Å². The van der Waals surface area contributed by atoms with Gasteiger partial charge in [0.1, 0.15) is 0 Å². The van der Waals surface area contributed by atoms with Crippen molar-refractivity contribution in [3.05, 3.63) is 29.8 Å². The number of likely N-dealkylation sites (N-methyl/N-ethyl adjacent to an activating group) is 3. The molecule has 23 heavy (non-hydrogen) atoms. The van der Waals surface area contributed by atoms with E-state index in [9.17, 15) is 14.4 Å². The monoisotopic (exact) mass is 321 g/mol. The molecule has 0 aliphatic carbocycles.